The van der Waals surface area contributed by atoms with Crippen molar-refractivity contribution in [3.63, 3.8) is 0 Å². The van der Waals surface area contributed by atoms with E-state index in [1.54, 1.807) is 19.1 Å². The molecule has 20 heavy (non-hydrogen) atoms. The van der Waals surface area contributed by atoms with Crippen LogP contribution >= 0.6 is 0 Å². The summed E-state index contributed by atoms with van der Waals surface area (Å²) in [6.45, 7) is 7.33. The van der Waals surface area contributed by atoms with Crippen LogP contribution in [0.5, 0.6) is 0 Å². The summed E-state index contributed by atoms with van der Waals surface area (Å²) in [5.41, 5.74) is 4.81. The molecule has 0 aliphatic carbocycles. The summed E-state index contributed by atoms with van der Waals surface area (Å²) in [4.78, 5) is 21.6. The summed E-state index contributed by atoms with van der Waals surface area (Å²) in [5, 5.41) is 11.0. The first-order valence-corrected chi connectivity index (χ1v) is 6.27. The first kappa shape index (κ1) is 14.0. The molecule has 2 rings (SSSR count). The molecule has 0 saturated heterocycles. The maximum atomic E-state index is 11.0. The fraction of sp³-hybridized carbons (Fsp3) is 0.267. The van der Waals surface area contributed by atoms with Gasteiger partial charge in [-0.15, -0.1) is 0 Å². The quantitative estimate of drug-likeness (QED) is 0.488. The average molecular weight is 272 g/mol. The summed E-state index contributed by atoms with van der Waals surface area (Å²) in [6, 6.07) is 5.19. The molecule has 0 bridgehead atoms. The van der Waals surface area contributed by atoms with Gasteiger partial charge in [-0.2, -0.15) is 0 Å². The van der Waals surface area contributed by atoms with E-state index in [9.17, 15) is 14.9 Å². The largest absolute Gasteiger partial charge is 0.317 e. The molecule has 0 aliphatic heterocycles. The zero-order chi connectivity index (χ0) is 15.0. The minimum Gasteiger partial charge on any atom is -0.317 e. The number of aryl methyl sites for hydroxylation is 3. The summed E-state index contributed by atoms with van der Waals surface area (Å²) >= 11 is 0. The van der Waals surface area contributed by atoms with Crippen molar-refractivity contribution in [1.82, 2.24) is 4.57 Å². The van der Waals surface area contributed by atoms with E-state index in [0.717, 1.165) is 28.9 Å². The lowest BCUT2D eigenvalue weighted by Crippen LogP contribution is -2.04. The zero-order valence-electron chi connectivity index (χ0n) is 11.9. The summed E-state index contributed by atoms with van der Waals surface area (Å²) in [6.07, 6.45) is 0.826. The molecule has 5 nitrogen and oxygen atoms in total. The molecule has 0 saturated carbocycles. The number of nitrogens with zero attached hydrogens (tertiary/aromatic N) is 2. The van der Waals surface area contributed by atoms with Gasteiger partial charge in [-0.25, -0.2) is 0 Å². The summed E-state index contributed by atoms with van der Waals surface area (Å²) in [7, 11) is 0. The van der Waals surface area contributed by atoms with Crippen LogP contribution in [0.25, 0.3) is 5.69 Å². The predicted octanol–water partition coefficient (Wildman–Crippen LogP) is 3.43. The topological polar surface area (TPSA) is 65.1 Å². The Labute approximate surface area is 117 Å². The van der Waals surface area contributed by atoms with Gasteiger partial charge < -0.3 is 4.57 Å². The lowest BCUT2D eigenvalue weighted by Gasteiger charge is -2.13. The Balaban J connectivity index is 2.71. The number of nitro groups is 1. The average Bonchev–Trinajstić information content (AvgIpc) is 2.66. The van der Waals surface area contributed by atoms with Crippen molar-refractivity contribution < 1.29 is 9.72 Å². The smallest absolute Gasteiger partial charge is 0.272 e. The number of hydrogen-bond donors (Lipinski definition) is 0. The van der Waals surface area contributed by atoms with E-state index in [1.165, 1.54) is 0 Å². The Morgan fingerprint density at radius 1 is 1.10 bits per heavy atom. The standard InChI is InChI=1S/C15H16N2O3/c1-9-6-15(17(19)20)10(2)5-14(9)16-11(3)7-13(8-18)12(16)4/h5-8H,1-4H3. The van der Waals surface area contributed by atoms with E-state index in [4.69, 9.17) is 0 Å². The molecule has 0 amide bonds. The second-order valence-electron chi connectivity index (χ2n) is 4.96. The van der Waals surface area contributed by atoms with Crippen molar-refractivity contribution in [2.24, 2.45) is 0 Å². The normalized spacial score (nSPS) is 10.6. The molecule has 1 heterocycles. The van der Waals surface area contributed by atoms with Crippen LogP contribution in [0.1, 0.15) is 32.9 Å². The number of aromatic nitrogens is 1. The molecule has 0 N–H and O–H groups in total. The lowest BCUT2D eigenvalue weighted by atomic mass is 10.1. The van der Waals surface area contributed by atoms with Crippen LogP contribution in [-0.4, -0.2) is 15.8 Å². The molecular weight excluding hydrogens is 256 g/mol. The van der Waals surface area contributed by atoms with Crippen molar-refractivity contribution in [2.75, 3.05) is 0 Å². The van der Waals surface area contributed by atoms with Gasteiger partial charge in [-0.3, -0.25) is 14.9 Å². The number of nitro benzene ring substituents is 1. The van der Waals surface area contributed by atoms with Gasteiger partial charge in [0.15, 0.2) is 6.29 Å². The number of carbonyl (C=O) groups is 1. The van der Waals surface area contributed by atoms with E-state index in [2.05, 4.69) is 0 Å². The van der Waals surface area contributed by atoms with Gasteiger partial charge >= 0.3 is 0 Å². The van der Waals surface area contributed by atoms with Gasteiger partial charge in [-0.1, -0.05) is 0 Å². The number of hydrogen-bond acceptors (Lipinski definition) is 3. The van der Waals surface area contributed by atoms with Gasteiger partial charge in [0, 0.05) is 34.3 Å². The van der Waals surface area contributed by atoms with Crippen LogP contribution in [-0.2, 0) is 0 Å². The van der Waals surface area contributed by atoms with Crippen LogP contribution in [0.2, 0.25) is 0 Å². The molecule has 0 radical (unpaired) electrons. The monoisotopic (exact) mass is 272 g/mol. The highest BCUT2D eigenvalue weighted by atomic mass is 16.6. The first-order chi connectivity index (χ1) is 9.36. The maximum Gasteiger partial charge on any atom is 0.272 e. The lowest BCUT2D eigenvalue weighted by molar-refractivity contribution is -0.385. The third-order valence-electron chi connectivity index (χ3n) is 3.55. The Bertz CT molecular complexity index is 714. The molecule has 0 atom stereocenters. The number of rotatable bonds is 3. The highest BCUT2D eigenvalue weighted by Crippen LogP contribution is 2.28. The van der Waals surface area contributed by atoms with E-state index >= 15 is 0 Å². The van der Waals surface area contributed by atoms with Crippen molar-refractivity contribution in [3.8, 4) is 5.69 Å². The Morgan fingerprint density at radius 2 is 1.75 bits per heavy atom. The maximum absolute atomic E-state index is 11.0. The third kappa shape index (κ3) is 2.11. The second kappa shape index (κ2) is 4.92. The predicted molar refractivity (Wildman–Crippen MR) is 76.8 cm³/mol. The highest BCUT2D eigenvalue weighted by molar-refractivity contribution is 5.78. The van der Waals surface area contributed by atoms with Gasteiger partial charge in [0.1, 0.15) is 0 Å². The van der Waals surface area contributed by atoms with Gasteiger partial charge in [-0.05, 0) is 45.4 Å². The van der Waals surface area contributed by atoms with Crippen LogP contribution in [0.4, 0.5) is 5.69 Å². The fourth-order valence-corrected chi connectivity index (χ4v) is 2.50. The van der Waals surface area contributed by atoms with Crippen LogP contribution in [0, 0.1) is 37.8 Å². The van der Waals surface area contributed by atoms with Crippen molar-refractivity contribution in [2.45, 2.75) is 27.7 Å². The third-order valence-corrected chi connectivity index (χ3v) is 3.55. The van der Waals surface area contributed by atoms with E-state index < -0.39 is 0 Å². The Hall–Kier alpha value is -2.43. The summed E-state index contributed by atoms with van der Waals surface area (Å²) in [5.74, 6) is 0. The molecule has 2 aromatic rings. The minimum absolute atomic E-state index is 0.115. The Morgan fingerprint density at radius 3 is 2.25 bits per heavy atom. The van der Waals surface area contributed by atoms with E-state index in [0.29, 0.717) is 11.1 Å². The van der Waals surface area contributed by atoms with E-state index in [1.807, 2.05) is 31.4 Å². The van der Waals surface area contributed by atoms with E-state index in [-0.39, 0.29) is 10.6 Å². The van der Waals surface area contributed by atoms with Gasteiger partial charge in [0.25, 0.3) is 5.69 Å². The number of aldehydes is 1. The molecule has 0 aliphatic rings. The molecule has 0 fully saturated rings. The number of benzene rings is 1. The van der Waals surface area contributed by atoms with Crippen LogP contribution < -0.4 is 0 Å². The fourth-order valence-electron chi connectivity index (χ4n) is 2.50. The molecular formula is C15H16N2O3. The first-order valence-electron chi connectivity index (χ1n) is 6.27. The molecule has 0 unspecified atom stereocenters. The molecule has 1 aromatic carbocycles. The Kier molecular flexibility index (Phi) is 3.44. The highest BCUT2D eigenvalue weighted by Gasteiger charge is 2.17. The van der Waals surface area contributed by atoms with Crippen molar-refractivity contribution in [3.05, 3.63) is 56.4 Å². The van der Waals surface area contributed by atoms with Gasteiger partial charge in [0.2, 0.25) is 0 Å². The molecule has 5 heteroatoms. The SMILES string of the molecule is Cc1cc([N+](=O)[O-])c(C)cc1-n1c(C)cc(C=O)c1C. The van der Waals surface area contributed by atoms with Gasteiger partial charge in [0.05, 0.1) is 4.92 Å². The molecule has 0 spiro atoms. The van der Waals surface area contributed by atoms with Crippen molar-refractivity contribution >= 4 is 12.0 Å². The van der Waals surface area contributed by atoms with Crippen LogP contribution in [0.15, 0.2) is 18.2 Å². The molecule has 104 valence electrons. The zero-order valence-corrected chi connectivity index (χ0v) is 11.9. The van der Waals surface area contributed by atoms with Crippen molar-refractivity contribution in [1.29, 1.82) is 0 Å². The molecule has 1 aromatic heterocycles. The second-order valence-corrected chi connectivity index (χ2v) is 4.96. The van der Waals surface area contributed by atoms with Crippen LogP contribution in [0.3, 0.4) is 0 Å². The summed E-state index contributed by atoms with van der Waals surface area (Å²) < 4.78 is 1.95. The number of carbonyl (C=O) groups excluding carboxylic acids is 1. The minimum atomic E-state index is -0.377.